The summed E-state index contributed by atoms with van der Waals surface area (Å²) in [6.45, 7) is 3.97. The summed E-state index contributed by atoms with van der Waals surface area (Å²) in [5, 5.41) is 0.673. The van der Waals surface area contributed by atoms with Gasteiger partial charge in [0.1, 0.15) is 5.84 Å². The molecule has 0 saturated carbocycles. The number of nitrogens with two attached hydrogens (primary N) is 1. The SMILES string of the molecule is CC(C)N=C(NN)c1ccc(Cl)cc1Br. The lowest BCUT2D eigenvalue weighted by molar-refractivity contribution is 0.820. The van der Waals surface area contributed by atoms with Crippen LogP contribution in [0.2, 0.25) is 5.02 Å². The Kier molecular flexibility index (Phi) is 4.57. The number of halogens is 2. The Bertz CT molecular complexity index is 377. The van der Waals surface area contributed by atoms with Crippen molar-refractivity contribution < 1.29 is 0 Å². The van der Waals surface area contributed by atoms with Crippen LogP contribution in [0.1, 0.15) is 19.4 Å². The first-order valence-electron chi connectivity index (χ1n) is 4.54. The van der Waals surface area contributed by atoms with E-state index in [-0.39, 0.29) is 6.04 Å². The first-order chi connectivity index (χ1) is 7.04. The van der Waals surface area contributed by atoms with Crippen LogP contribution >= 0.6 is 27.5 Å². The van der Waals surface area contributed by atoms with Crippen LogP contribution in [0.25, 0.3) is 0 Å². The Labute approximate surface area is 103 Å². The van der Waals surface area contributed by atoms with Crippen LogP contribution in [-0.2, 0) is 0 Å². The largest absolute Gasteiger partial charge is 0.308 e. The molecule has 0 unspecified atom stereocenters. The quantitative estimate of drug-likeness (QED) is 0.381. The van der Waals surface area contributed by atoms with E-state index in [0.29, 0.717) is 10.9 Å². The van der Waals surface area contributed by atoms with Gasteiger partial charge in [-0.05, 0) is 48.0 Å². The molecule has 0 aliphatic rings. The molecule has 3 N–H and O–H groups in total. The summed E-state index contributed by atoms with van der Waals surface area (Å²) >= 11 is 9.27. The summed E-state index contributed by atoms with van der Waals surface area (Å²) in [4.78, 5) is 4.36. The van der Waals surface area contributed by atoms with Crippen molar-refractivity contribution in [2.24, 2.45) is 10.8 Å². The molecule has 3 nitrogen and oxygen atoms in total. The van der Waals surface area contributed by atoms with E-state index in [1.54, 1.807) is 6.07 Å². The summed E-state index contributed by atoms with van der Waals surface area (Å²) < 4.78 is 0.868. The van der Waals surface area contributed by atoms with Crippen molar-refractivity contribution in [2.45, 2.75) is 19.9 Å². The fraction of sp³-hybridized carbons (Fsp3) is 0.300. The summed E-state index contributed by atoms with van der Waals surface area (Å²) in [6.07, 6.45) is 0. The maximum Gasteiger partial charge on any atom is 0.143 e. The van der Waals surface area contributed by atoms with Crippen molar-refractivity contribution in [3.05, 3.63) is 33.3 Å². The van der Waals surface area contributed by atoms with Gasteiger partial charge in [-0.1, -0.05) is 11.6 Å². The zero-order valence-corrected chi connectivity index (χ0v) is 10.9. The third kappa shape index (κ3) is 3.48. The number of aliphatic imine (C=N–C) groups is 1. The fourth-order valence-electron chi connectivity index (χ4n) is 1.12. The average molecular weight is 291 g/mol. The van der Waals surface area contributed by atoms with Crippen molar-refractivity contribution in [2.75, 3.05) is 0 Å². The Balaban J connectivity index is 3.13. The highest BCUT2D eigenvalue weighted by atomic mass is 79.9. The number of nitrogens with one attached hydrogen (secondary N) is 1. The van der Waals surface area contributed by atoms with Crippen LogP contribution < -0.4 is 11.3 Å². The molecule has 0 bridgehead atoms. The molecule has 15 heavy (non-hydrogen) atoms. The third-order valence-electron chi connectivity index (χ3n) is 1.71. The van der Waals surface area contributed by atoms with E-state index in [1.165, 1.54) is 0 Å². The zero-order valence-electron chi connectivity index (χ0n) is 8.59. The lowest BCUT2D eigenvalue weighted by Gasteiger charge is -2.09. The molecule has 0 radical (unpaired) electrons. The molecule has 82 valence electrons. The number of benzene rings is 1. The Morgan fingerprint density at radius 2 is 2.20 bits per heavy atom. The lowest BCUT2D eigenvalue weighted by Crippen LogP contribution is -2.32. The minimum absolute atomic E-state index is 0.179. The zero-order chi connectivity index (χ0) is 11.4. The highest BCUT2D eigenvalue weighted by Crippen LogP contribution is 2.21. The van der Waals surface area contributed by atoms with Crippen LogP contribution in [0.3, 0.4) is 0 Å². The number of hydrazine groups is 1. The number of hydrogen-bond donors (Lipinski definition) is 2. The van der Waals surface area contributed by atoms with Gasteiger partial charge in [0, 0.05) is 21.1 Å². The number of rotatable bonds is 2. The van der Waals surface area contributed by atoms with E-state index in [1.807, 2.05) is 26.0 Å². The van der Waals surface area contributed by atoms with E-state index in [0.717, 1.165) is 10.0 Å². The van der Waals surface area contributed by atoms with E-state index in [2.05, 4.69) is 26.3 Å². The molecule has 1 aromatic rings. The second kappa shape index (κ2) is 5.49. The van der Waals surface area contributed by atoms with Crippen LogP contribution in [0.5, 0.6) is 0 Å². The van der Waals surface area contributed by atoms with Crippen LogP contribution in [0, 0.1) is 0 Å². The molecule has 0 aliphatic heterocycles. The fourth-order valence-corrected chi connectivity index (χ4v) is 1.99. The minimum atomic E-state index is 0.179. The number of hydrogen-bond acceptors (Lipinski definition) is 2. The van der Waals surface area contributed by atoms with Crippen LogP contribution in [0.15, 0.2) is 27.7 Å². The van der Waals surface area contributed by atoms with Crippen molar-refractivity contribution in [3.63, 3.8) is 0 Å². The first-order valence-corrected chi connectivity index (χ1v) is 5.71. The van der Waals surface area contributed by atoms with Gasteiger partial charge in [-0.25, -0.2) is 5.84 Å². The van der Waals surface area contributed by atoms with Crippen molar-refractivity contribution >= 4 is 33.4 Å². The van der Waals surface area contributed by atoms with Crippen molar-refractivity contribution in [3.8, 4) is 0 Å². The first kappa shape index (κ1) is 12.5. The molecule has 5 heteroatoms. The molecular formula is C10H13BrClN3. The topological polar surface area (TPSA) is 50.4 Å². The average Bonchev–Trinajstić information content (AvgIpc) is 2.14. The summed E-state index contributed by atoms with van der Waals surface area (Å²) in [5.41, 5.74) is 3.49. The van der Waals surface area contributed by atoms with Gasteiger partial charge in [0.2, 0.25) is 0 Å². The number of nitrogens with zero attached hydrogens (tertiary/aromatic N) is 1. The van der Waals surface area contributed by atoms with Gasteiger partial charge in [-0.15, -0.1) is 0 Å². The molecule has 0 aliphatic carbocycles. The molecule has 1 aromatic carbocycles. The molecule has 0 aromatic heterocycles. The second-order valence-electron chi connectivity index (χ2n) is 3.34. The van der Waals surface area contributed by atoms with Gasteiger partial charge in [-0.2, -0.15) is 0 Å². The van der Waals surface area contributed by atoms with Crippen molar-refractivity contribution in [1.82, 2.24) is 5.43 Å². The molecule has 0 fully saturated rings. The molecule has 0 amide bonds. The molecule has 0 atom stereocenters. The van der Waals surface area contributed by atoms with E-state index in [9.17, 15) is 0 Å². The molecular weight excluding hydrogens is 277 g/mol. The van der Waals surface area contributed by atoms with E-state index >= 15 is 0 Å². The summed E-state index contributed by atoms with van der Waals surface area (Å²) in [7, 11) is 0. The highest BCUT2D eigenvalue weighted by molar-refractivity contribution is 9.10. The molecule has 0 heterocycles. The van der Waals surface area contributed by atoms with Gasteiger partial charge >= 0.3 is 0 Å². The monoisotopic (exact) mass is 289 g/mol. The maximum atomic E-state index is 5.85. The van der Waals surface area contributed by atoms with Crippen LogP contribution in [-0.4, -0.2) is 11.9 Å². The third-order valence-corrected chi connectivity index (χ3v) is 2.60. The Morgan fingerprint density at radius 3 is 2.67 bits per heavy atom. The second-order valence-corrected chi connectivity index (χ2v) is 4.63. The van der Waals surface area contributed by atoms with Gasteiger partial charge < -0.3 is 5.43 Å². The molecule has 1 rings (SSSR count). The van der Waals surface area contributed by atoms with Gasteiger partial charge in [0.05, 0.1) is 0 Å². The molecule has 0 spiro atoms. The van der Waals surface area contributed by atoms with Crippen LogP contribution in [0.4, 0.5) is 0 Å². The maximum absolute atomic E-state index is 5.85. The normalized spacial score (nSPS) is 12.0. The van der Waals surface area contributed by atoms with E-state index < -0.39 is 0 Å². The van der Waals surface area contributed by atoms with E-state index in [4.69, 9.17) is 17.4 Å². The van der Waals surface area contributed by atoms with Gasteiger partial charge in [-0.3, -0.25) is 4.99 Å². The van der Waals surface area contributed by atoms with Gasteiger partial charge in [0.15, 0.2) is 0 Å². The lowest BCUT2D eigenvalue weighted by atomic mass is 10.2. The standard InChI is InChI=1S/C10H13BrClN3/c1-6(2)14-10(15-13)8-4-3-7(12)5-9(8)11/h3-6H,13H2,1-2H3,(H,14,15). The van der Waals surface area contributed by atoms with Crippen molar-refractivity contribution in [1.29, 1.82) is 0 Å². The smallest absolute Gasteiger partial charge is 0.143 e. The minimum Gasteiger partial charge on any atom is -0.308 e. The summed E-state index contributed by atoms with van der Waals surface area (Å²) in [6, 6.07) is 5.66. The predicted octanol–water partition coefficient (Wildman–Crippen LogP) is 2.72. The van der Waals surface area contributed by atoms with Gasteiger partial charge in [0.25, 0.3) is 0 Å². The highest BCUT2D eigenvalue weighted by Gasteiger charge is 2.07. The number of amidine groups is 1. The summed E-state index contributed by atoms with van der Waals surface area (Å²) in [5.74, 6) is 6.07. The molecule has 0 saturated heterocycles. The predicted molar refractivity (Wildman–Crippen MR) is 68.1 cm³/mol. The Morgan fingerprint density at radius 1 is 1.53 bits per heavy atom. The Hall–Kier alpha value is -0.580.